The zero-order valence-electron chi connectivity index (χ0n) is 11.2. The molecule has 20 heavy (non-hydrogen) atoms. The van der Waals surface area contributed by atoms with Crippen LogP contribution < -0.4 is 4.74 Å². The number of aromatic nitrogens is 1. The van der Waals surface area contributed by atoms with Crippen LogP contribution in [0.1, 0.15) is 18.5 Å². The van der Waals surface area contributed by atoms with Crippen LogP contribution in [0.25, 0.3) is 0 Å². The van der Waals surface area contributed by atoms with Crippen molar-refractivity contribution in [1.29, 1.82) is 5.26 Å². The van der Waals surface area contributed by atoms with Gasteiger partial charge in [-0.15, -0.1) is 12.4 Å². The average molecular weight is 292 g/mol. The van der Waals surface area contributed by atoms with Crippen molar-refractivity contribution in [3.8, 4) is 11.8 Å². The van der Waals surface area contributed by atoms with E-state index in [-0.39, 0.29) is 12.4 Å². The van der Waals surface area contributed by atoms with E-state index in [1.807, 2.05) is 12.1 Å². The Morgan fingerprint density at radius 2 is 1.95 bits per heavy atom. The molecule has 0 amide bonds. The minimum atomic E-state index is 0. The van der Waals surface area contributed by atoms with E-state index in [2.05, 4.69) is 9.88 Å². The first-order chi connectivity index (χ1) is 9.31. The monoisotopic (exact) mass is 291 g/mol. The predicted molar refractivity (Wildman–Crippen MR) is 76.8 cm³/mol. The molecule has 1 aromatic rings. The van der Waals surface area contributed by atoms with Gasteiger partial charge < -0.3 is 9.64 Å². The summed E-state index contributed by atoms with van der Waals surface area (Å²) in [7, 11) is 0. The zero-order chi connectivity index (χ0) is 12.8. The van der Waals surface area contributed by atoms with E-state index >= 15 is 0 Å². The Morgan fingerprint density at radius 1 is 1.20 bits per heavy atom. The van der Waals surface area contributed by atoms with Crippen LogP contribution in [0.4, 0.5) is 0 Å². The van der Waals surface area contributed by atoms with Gasteiger partial charge >= 0.3 is 0 Å². The summed E-state index contributed by atoms with van der Waals surface area (Å²) in [6.07, 6.45) is 4.68. The Labute approximate surface area is 125 Å². The number of nitrogens with zero attached hydrogens (tertiary/aromatic N) is 3. The van der Waals surface area contributed by atoms with Crippen molar-refractivity contribution in [2.45, 2.75) is 18.9 Å². The van der Waals surface area contributed by atoms with Crippen LogP contribution in [0.5, 0.6) is 5.75 Å². The highest BCUT2D eigenvalue weighted by Gasteiger charge is 2.48. The molecule has 4 bridgehead atoms. The molecule has 3 aliphatic heterocycles. The number of piperidine rings is 3. The fourth-order valence-electron chi connectivity index (χ4n) is 4.23. The Hall–Kier alpha value is -1.31. The van der Waals surface area contributed by atoms with E-state index < -0.39 is 0 Å². The molecule has 4 heterocycles. The van der Waals surface area contributed by atoms with Crippen molar-refractivity contribution >= 4 is 12.4 Å². The second-order valence-electron chi connectivity index (χ2n) is 6.15. The number of nitriles is 1. The maximum absolute atomic E-state index is 8.76. The topological polar surface area (TPSA) is 49.1 Å². The average Bonchev–Trinajstić information content (AvgIpc) is 2.43. The van der Waals surface area contributed by atoms with E-state index in [1.165, 1.54) is 32.5 Å². The summed E-state index contributed by atoms with van der Waals surface area (Å²) in [6, 6.07) is 5.64. The second-order valence-corrected chi connectivity index (χ2v) is 6.15. The molecule has 1 aliphatic carbocycles. The Bertz CT molecular complexity index is 497. The van der Waals surface area contributed by atoms with Crippen LogP contribution >= 0.6 is 12.4 Å². The molecule has 0 radical (unpaired) electrons. The minimum Gasteiger partial charge on any atom is -0.488 e. The second kappa shape index (κ2) is 5.23. The summed E-state index contributed by atoms with van der Waals surface area (Å²) in [5.74, 6) is 3.08. The zero-order valence-corrected chi connectivity index (χ0v) is 12.1. The van der Waals surface area contributed by atoms with Gasteiger partial charge in [0.1, 0.15) is 23.6 Å². The van der Waals surface area contributed by atoms with Crippen LogP contribution in [-0.2, 0) is 0 Å². The first kappa shape index (κ1) is 13.7. The maximum atomic E-state index is 8.76. The van der Waals surface area contributed by atoms with Crippen LogP contribution in [-0.4, -0.2) is 35.6 Å². The van der Waals surface area contributed by atoms with Gasteiger partial charge in [0.15, 0.2) is 0 Å². The molecular formula is C15H18ClN3O. The lowest BCUT2D eigenvalue weighted by atomic mass is 9.66. The maximum Gasteiger partial charge on any atom is 0.140 e. The molecule has 1 saturated carbocycles. The van der Waals surface area contributed by atoms with Crippen molar-refractivity contribution in [3.63, 3.8) is 0 Å². The third kappa shape index (κ3) is 2.25. The summed E-state index contributed by atoms with van der Waals surface area (Å²) >= 11 is 0. The number of rotatable bonds is 2. The summed E-state index contributed by atoms with van der Waals surface area (Å²) in [5.41, 5.74) is 0.448. The third-order valence-corrected chi connectivity index (χ3v) is 4.83. The molecule has 3 saturated heterocycles. The molecule has 4 fully saturated rings. The van der Waals surface area contributed by atoms with Gasteiger partial charge in [-0.25, -0.2) is 4.98 Å². The molecular weight excluding hydrogens is 274 g/mol. The quantitative estimate of drug-likeness (QED) is 0.837. The number of halogens is 1. The highest BCUT2D eigenvalue weighted by Crippen LogP contribution is 2.44. The number of hydrogen-bond donors (Lipinski definition) is 0. The van der Waals surface area contributed by atoms with E-state index in [1.54, 1.807) is 12.3 Å². The number of pyridine rings is 1. The Morgan fingerprint density at radius 3 is 2.50 bits per heavy atom. The molecule has 0 spiro atoms. The Kier molecular flexibility index (Phi) is 3.57. The first-order valence-electron chi connectivity index (χ1n) is 7.07. The van der Waals surface area contributed by atoms with Gasteiger partial charge in [-0.2, -0.15) is 5.26 Å². The predicted octanol–water partition coefficient (Wildman–Crippen LogP) is 2.09. The summed E-state index contributed by atoms with van der Waals surface area (Å²) in [6.45, 7) is 3.70. The van der Waals surface area contributed by atoms with Gasteiger partial charge in [-0.3, -0.25) is 0 Å². The molecule has 5 rings (SSSR count). The van der Waals surface area contributed by atoms with E-state index in [9.17, 15) is 0 Å². The normalized spacial score (nSPS) is 37.0. The number of hydrogen-bond acceptors (Lipinski definition) is 4. The lowest BCUT2D eigenvalue weighted by Crippen LogP contribution is -2.61. The fraction of sp³-hybridized carbons (Fsp3) is 0.600. The summed E-state index contributed by atoms with van der Waals surface area (Å²) in [4.78, 5) is 6.68. The van der Waals surface area contributed by atoms with Crippen molar-refractivity contribution < 1.29 is 4.74 Å². The van der Waals surface area contributed by atoms with Crippen molar-refractivity contribution in [2.24, 2.45) is 17.8 Å². The Balaban J connectivity index is 0.00000121. The standard InChI is InChI=1S/C15H17N3O.ClH/c16-5-13-1-2-14(6-17-13)19-15-11-3-10-4-12(15)9-18(7-10)8-11;/h1-2,6,10-12,15H,3-4,7-9H2;1H/t10?,11-,12-,15?;/m0./s1. The number of ether oxygens (including phenoxy) is 1. The van der Waals surface area contributed by atoms with E-state index in [0.717, 1.165) is 11.7 Å². The van der Waals surface area contributed by atoms with Crippen LogP contribution in [0, 0.1) is 29.1 Å². The van der Waals surface area contributed by atoms with Gasteiger partial charge in [-0.05, 0) is 30.9 Å². The third-order valence-electron chi connectivity index (χ3n) is 4.83. The molecule has 4 aliphatic rings. The fourth-order valence-corrected chi connectivity index (χ4v) is 4.23. The van der Waals surface area contributed by atoms with Gasteiger partial charge in [-0.1, -0.05) is 0 Å². The summed E-state index contributed by atoms with van der Waals surface area (Å²) in [5, 5.41) is 8.76. The van der Waals surface area contributed by atoms with Gasteiger partial charge in [0.25, 0.3) is 0 Å². The summed E-state index contributed by atoms with van der Waals surface area (Å²) < 4.78 is 6.19. The van der Waals surface area contributed by atoms with Crippen molar-refractivity contribution in [1.82, 2.24) is 9.88 Å². The molecule has 0 unspecified atom stereocenters. The van der Waals surface area contributed by atoms with E-state index in [4.69, 9.17) is 10.00 Å². The first-order valence-corrected chi connectivity index (χ1v) is 7.07. The minimum absolute atomic E-state index is 0. The lowest BCUT2D eigenvalue weighted by Gasteiger charge is -2.55. The van der Waals surface area contributed by atoms with Gasteiger partial charge in [0.05, 0.1) is 6.20 Å². The molecule has 2 atom stereocenters. The molecule has 5 heteroatoms. The molecule has 4 nitrogen and oxygen atoms in total. The van der Waals surface area contributed by atoms with Gasteiger partial charge in [0, 0.05) is 31.5 Å². The van der Waals surface area contributed by atoms with Crippen LogP contribution in [0.2, 0.25) is 0 Å². The lowest BCUT2D eigenvalue weighted by molar-refractivity contribution is -0.0985. The highest BCUT2D eigenvalue weighted by atomic mass is 35.5. The molecule has 0 N–H and O–H groups in total. The van der Waals surface area contributed by atoms with Crippen LogP contribution in [0.3, 0.4) is 0 Å². The van der Waals surface area contributed by atoms with Crippen molar-refractivity contribution in [3.05, 3.63) is 24.0 Å². The van der Waals surface area contributed by atoms with Crippen molar-refractivity contribution in [2.75, 3.05) is 19.6 Å². The van der Waals surface area contributed by atoms with E-state index in [0.29, 0.717) is 23.6 Å². The smallest absolute Gasteiger partial charge is 0.140 e. The molecule has 1 aromatic heterocycles. The molecule has 0 aromatic carbocycles. The highest BCUT2D eigenvalue weighted by molar-refractivity contribution is 5.85. The molecule has 106 valence electrons. The van der Waals surface area contributed by atoms with Gasteiger partial charge in [0.2, 0.25) is 0 Å². The SMILES string of the molecule is Cl.N#Cc1ccc(OC2[C@H]3CC4C[C@H]2CN(C4)C3)cn1. The van der Waals surface area contributed by atoms with Crippen LogP contribution in [0.15, 0.2) is 18.3 Å². The largest absolute Gasteiger partial charge is 0.488 e.